The van der Waals surface area contributed by atoms with Gasteiger partial charge in [-0.3, -0.25) is 0 Å². The highest BCUT2D eigenvalue weighted by molar-refractivity contribution is 5.20. The Morgan fingerprint density at radius 1 is 1.12 bits per heavy atom. The molecule has 0 aliphatic heterocycles. The average Bonchev–Trinajstić information content (AvgIpc) is 2.39. The summed E-state index contributed by atoms with van der Waals surface area (Å²) in [6.07, 6.45) is 3.50. The Kier molecular flexibility index (Phi) is 6.06. The van der Waals surface area contributed by atoms with E-state index in [1.165, 1.54) is 12.8 Å². The average molecular weight is 235 g/mol. The number of hydrogen-bond donors (Lipinski definition) is 1. The van der Waals surface area contributed by atoms with Crippen molar-refractivity contribution in [1.82, 2.24) is 5.32 Å². The van der Waals surface area contributed by atoms with E-state index in [0.29, 0.717) is 5.41 Å². The van der Waals surface area contributed by atoms with Gasteiger partial charge in [-0.05, 0) is 43.9 Å². The highest BCUT2D eigenvalue weighted by atomic mass is 16.5. The molecule has 2 heteroatoms. The molecule has 0 amide bonds. The maximum absolute atomic E-state index is 5.78. The summed E-state index contributed by atoms with van der Waals surface area (Å²) in [6.45, 7) is 6.40. The Labute approximate surface area is 105 Å². The number of rotatable bonds is 8. The van der Waals surface area contributed by atoms with Crippen molar-refractivity contribution in [2.45, 2.75) is 33.1 Å². The van der Waals surface area contributed by atoms with Crippen LogP contribution in [0.1, 0.15) is 33.1 Å². The van der Waals surface area contributed by atoms with Crippen molar-refractivity contribution in [3.8, 4) is 5.75 Å². The van der Waals surface area contributed by atoms with Gasteiger partial charge in [0, 0.05) is 6.54 Å². The highest BCUT2D eigenvalue weighted by Gasteiger charge is 2.24. The van der Waals surface area contributed by atoms with Crippen LogP contribution < -0.4 is 10.1 Å². The van der Waals surface area contributed by atoms with Gasteiger partial charge in [-0.15, -0.1) is 0 Å². The Morgan fingerprint density at radius 3 is 2.29 bits per heavy atom. The lowest BCUT2D eigenvalue weighted by Crippen LogP contribution is -2.33. The first-order chi connectivity index (χ1) is 8.26. The maximum Gasteiger partial charge on any atom is 0.119 e. The molecule has 0 heterocycles. The van der Waals surface area contributed by atoms with Crippen LogP contribution in [0.5, 0.6) is 5.75 Å². The zero-order valence-corrected chi connectivity index (χ0v) is 11.3. The predicted molar refractivity (Wildman–Crippen MR) is 73.5 cm³/mol. The summed E-state index contributed by atoms with van der Waals surface area (Å²) >= 11 is 0. The zero-order chi connectivity index (χ0) is 12.6. The van der Waals surface area contributed by atoms with E-state index in [9.17, 15) is 0 Å². The standard InChI is InChI=1S/C15H25NO/c1-4-15(5-2,13-16-3)11-12-17-14-9-7-6-8-10-14/h6-10,16H,4-5,11-13H2,1-3H3. The summed E-state index contributed by atoms with van der Waals surface area (Å²) in [7, 11) is 2.03. The van der Waals surface area contributed by atoms with Crippen LogP contribution in [0.4, 0.5) is 0 Å². The fourth-order valence-corrected chi connectivity index (χ4v) is 2.22. The Hall–Kier alpha value is -1.02. The number of hydrogen-bond acceptors (Lipinski definition) is 2. The van der Waals surface area contributed by atoms with E-state index < -0.39 is 0 Å². The van der Waals surface area contributed by atoms with Gasteiger partial charge in [-0.2, -0.15) is 0 Å². The first-order valence-corrected chi connectivity index (χ1v) is 6.59. The minimum Gasteiger partial charge on any atom is -0.494 e. The van der Waals surface area contributed by atoms with Crippen LogP contribution in [0.3, 0.4) is 0 Å². The van der Waals surface area contributed by atoms with E-state index in [1.54, 1.807) is 0 Å². The molecular weight excluding hydrogens is 210 g/mol. The molecule has 17 heavy (non-hydrogen) atoms. The van der Waals surface area contributed by atoms with Crippen LogP contribution in [0.15, 0.2) is 30.3 Å². The van der Waals surface area contributed by atoms with Gasteiger partial charge in [0.1, 0.15) is 5.75 Å². The normalized spacial score (nSPS) is 11.5. The number of para-hydroxylation sites is 1. The molecule has 96 valence electrons. The van der Waals surface area contributed by atoms with Gasteiger partial charge in [-0.25, -0.2) is 0 Å². The van der Waals surface area contributed by atoms with Crippen molar-refractivity contribution in [2.24, 2.45) is 5.41 Å². The third kappa shape index (κ3) is 4.39. The summed E-state index contributed by atoms with van der Waals surface area (Å²) in [5.74, 6) is 0.970. The lowest BCUT2D eigenvalue weighted by Gasteiger charge is -2.31. The van der Waals surface area contributed by atoms with Gasteiger partial charge in [0.05, 0.1) is 6.61 Å². The van der Waals surface area contributed by atoms with Gasteiger partial charge in [0.2, 0.25) is 0 Å². The van der Waals surface area contributed by atoms with E-state index >= 15 is 0 Å². The maximum atomic E-state index is 5.78. The minimum absolute atomic E-state index is 0.379. The molecule has 0 radical (unpaired) electrons. The summed E-state index contributed by atoms with van der Waals surface area (Å²) in [5, 5.41) is 3.30. The topological polar surface area (TPSA) is 21.3 Å². The first kappa shape index (κ1) is 14.0. The van der Waals surface area contributed by atoms with E-state index in [4.69, 9.17) is 4.74 Å². The van der Waals surface area contributed by atoms with E-state index in [1.807, 2.05) is 37.4 Å². The molecule has 0 spiro atoms. The lowest BCUT2D eigenvalue weighted by atomic mass is 9.79. The molecule has 1 aromatic carbocycles. The van der Waals surface area contributed by atoms with E-state index in [0.717, 1.165) is 25.3 Å². The minimum atomic E-state index is 0.379. The monoisotopic (exact) mass is 235 g/mol. The number of ether oxygens (including phenoxy) is 1. The molecule has 2 nitrogen and oxygen atoms in total. The number of benzene rings is 1. The molecule has 1 N–H and O–H groups in total. The summed E-state index contributed by atoms with van der Waals surface area (Å²) in [6, 6.07) is 10.1. The molecular formula is C15H25NO. The van der Waals surface area contributed by atoms with Crippen molar-refractivity contribution in [2.75, 3.05) is 20.2 Å². The fourth-order valence-electron chi connectivity index (χ4n) is 2.22. The SMILES string of the molecule is CCC(CC)(CCOc1ccccc1)CNC. The third-order valence-corrected chi connectivity index (χ3v) is 3.70. The number of nitrogens with one attached hydrogen (secondary N) is 1. The quantitative estimate of drug-likeness (QED) is 0.745. The molecule has 0 fully saturated rings. The Balaban J connectivity index is 2.42. The second kappa shape index (κ2) is 7.33. The molecule has 0 unspecified atom stereocenters. The second-order valence-electron chi connectivity index (χ2n) is 4.65. The van der Waals surface area contributed by atoms with Crippen molar-refractivity contribution in [1.29, 1.82) is 0 Å². The highest BCUT2D eigenvalue weighted by Crippen LogP contribution is 2.29. The first-order valence-electron chi connectivity index (χ1n) is 6.59. The van der Waals surface area contributed by atoms with Crippen LogP contribution in [-0.4, -0.2) is 20.2 Å². The van der Waals surface area contributed by atoms with Crippen molar-refractivity contribution in [3.05, 3.63) is 30.3 Å². The molecule has 1 rings (SSSR count). The smallest absolute Gasteiger partial charge is 0.119 e. The molecule has 1 aromatic rings. The van der Waals surface area contributed by atoms with Crippen molar-refractivity contribution >= 4 is 0 Å². The predicted octanol–water partition coefficient (Wildman–Crippen LogP) is 3.48. The van der Waals surface area contributed by atoms with Crippen LogP contribution in [0.25, 0.3) is 0 Å². The van der Waals surface area contributed by atoms with Crippen LogP contribution in [0, 0.1) is 5.41 Å². The van der Waals surface area contributed by atoms with Crippen LogP contribution in [0.2, 0.25) is 0 Å². The fraction of sp³-hybridized carbons (Fsp3) is 0.600. The van der Waals surface area contributed by atoms with Crippen LogP contribution >= 0.6 is 0 Å². The molecule has 0 saturated carbocycles. The lowest BCUT2D eigenvalue weighted by molar-refractivity contribution is 0.178. The van der Waals surface area contributed by atoms with Gasteiger partial charge in [0.15, 0.2) is 0 Å². The molecule has 0 saturated heterocycles. The molecule has 0 bridgehead atoms. The largest absolute Gasteiger partial charge is 0.494 e. The van der Waals surface area contributed by atoms with Crippen molar-refractivity contribution in [3.63, 3.8) is 0 Å². The van der Waals surface area contributed by atoms with E-state index in [2.05, 4.69) is 19.2 Å². The van der Waals surface area contributed by atoms with Crippen LogP contribution in [-0.2, 0) is 0 Å². The Bertz CT molecular complexity index is 293. The third-order valence-electron chi connectivity index (χ3n) is 3.70. The van der Waals surface area contributed by atoms with Crippen molar-refractivity contribution < 1.29 is 4.74 Å². The molecule has 0 aliphatic rings. The zero-order valence-electron chi connectivity index (χ0n) is 11.3. The van der Waals surface area contributed by atoms with Gasteiger partial charge < -0.3 is 10.1 Å². The van der Waals surface area contributed by atoms with E-state index in [-0.39, 0.29) is 0 Å². The summed E-state index contributed by atoms with van der Waals surface area (Å²) in [4.78, 5) is 0. The van der Waals surface area contributed by atoms with Gasteiger partial charge in [-0.1, -0.05) is 32.0 Å². The molecule has 0 aliphatic carbocycles. The second-order valence-corrected chi connectivity index (χ2v) is 4.65. The Morgan fingerprint density at radius 2 is 1.76 bits per heavy atom. The molecule has 0 atom stereocenters. The van der Waals surface area contributed by atoms with Gasteiger partial charge in [0.25, 0.3) is 0 Å². The molecule has 0 aromatic heterocycles. The van der Waals surface area contributed by atoms with Gasteiger partial charge >= 0.3 is 0 Å². The summed E-state index contributed by atoms with van der Waals surface area (Å²) in [5.41, 5.74) is 0.379. The summed E-state index contributed by atoms with van der Waals surface area (Å²) < 4.78 is 5.78.